The van der Waals surface area contributed by atoms with E-state index in [0.29, 0.717) is 18.8 Å². The van der Waals surface area contributed by atoms with Gasteiger partial charge in [0.05, 0.1) is 0 Å². The number of nitrogens with one attached hydrogen (secondary N) is 1. The first-order valence-electron chi connectivity index (χ1n) is 8.79. The van der Waals surface area contributed by atoms with Gasteiger partial charge < -0.3 is 10.2 Å². The van der Waals surface area contributed by atoms with Crippen LogP contribution >= 0.6 is 0 Å². The van der Waals surface area contributed by atoms with Gasteiger partial charge in [0, 0.05) is 30.7 Å². The van der Waals surface area contributed by atoms with Crippen LogP contribution in [0.5, 0.6) is 0 Å². The summed E-state index contributed by atoms with van der Waals surface area (Å²) < 4.78 is 0. The van der Waals surface area contributed by atoms with E-state index in [1.807, 2.05) is 55.5 Å². The molecule has 0 saturated carbocycles. The van der Waals surface area contributed by atoms with Crippen molar-refractivity contribution in [1.29, 1.82) is 0 Å². The number of pyridine rings is 1. The smallest absolute Gasteiger partial charge is 0.276 e. The van der Waals surface area contributed by atoms with E-state index in [-0.39, 0.29) is 5.91 Å². The van der Waals surface area contributed by atoms with Crippen LogP contribution in [0.1, 0.15) is 28.5 Å². The molecular formula is C22H23N3O. The molecule has 1 amide bonds. The molecule has 0 unspecified atom stereocenters. The molecular weight excluding hydrogens is 322 g/mol. The molecule has 0 fully saturated rings. The third kappa shape index (κ3) is 4.28. The van der Waals surface area contributed by atoms with Gasteiger partial charge >= 0.3 is 0 Å². The molecule has 4 nitrogen and oxygen atoms in total. The number of amides is 1. The van der Waals surface area contributed by atoms with Gasteiger partial charge in [-0.2, -0.15) is 0 Å². The number of anilines is 2. The summed E-state index contributed by atoms with van der Waals surface area (Å²) in [7, 11) is 0. The quantitative estimate of drug-likeness (QED) is 0.706. The van der Waals surface area contributed by atoms with Gasteiger partial charge in [0.1, 0.15) is 5.69 Å². The lowest BCUT2D eigenvalue weighted by Crippen LogP contribution is -2.31. The maximum absolute atomic E-state index is 12.9. The standard InChI is InChI=1S/C22H23N3O/c1-3-25(20-10-5-4-6-11-20)22(26)21-15-19(12-13-23-21)24-16-18-9-7-8-17(2)14-18/h4-15H,3,16H2,1-2H3,(H,23,24). The number of benzene rings is 2. The highest BCUT2D eigenvalue weighted by Gasteiger charge is 2.17. The molecule has 1 N–H and O–H groups in total. The van der Waals surface area contributed by atoms with Crippen LogP contribution in [0.25, 0.3) is 0 Å². The Kier molecular flexibility index (Phi) is 5.64. The zero-order chi connectivity index (χ0) is 18.4. The van der Waals surface area contributed by atoms with E-state index in [9.17, 15) is 4.79 Å². The number of aromatic nitrogens is 1. The second kappa shape index (κ2) is 8.30. The van der Waals surface area contributed by atoms with Gasteiger partial charge in [0.15, 0.2) is 0 Å². The fourth-order valence-electron chi connectivity index (χ4n) is 2.87. The Balaban J connectivity index is 1.74. The summed E-state index contributed by atoms with van der Waals surface area (Å²) in [6, 6.07) is 21.7. The summed E-state index contributed by atoms with van der Waals surface area (Å²) in [5.74, 6) is -0.0992. The number of para-hydroxylation sites is 1. The van der Waals surface area contributed by atoms with Crippen molar-refractivity contribution in [3.05, 3.63) is 89.7 Å². The fourth-order valence-corrected chi connectivity index (χ4v) is 2.87. The number of aryl methyl sites for hydroxylation is 1. The first kappa shape index (κ1) is 17.7. The van der Waals surface area contributed by atoms with Gasteiger partial charge in [-0.05, 0) is 43.7 Å². The third-order valence-electron chi connectivity index (χ3n) is 4.19. The van der Waals surface area contributed by atoms with Crippen LogP contribution in [0.4, 0.5) is 11.4 Å². The lowest BCUT2D eigenvalue weighted by atomic mass is 10.1. The van der Waals surface area contributed by atoms with Crippen molar-refractivity contribution in [3.8, 4) is 0 Å². The summed E-state index contributed by atoms with van der Waals surface area (Å²) in [6.07, 6.45) is 1.67. The van der Waals surface area contributed by atoms with Gasteiger partial charge in [-0.3, -0.25) is 9.78 Å². The molecule has 0 bridgehead atoms. The van der Waals surface area contributed by atoms with Gasteiger partial charge in [0.25, 0.3) is 5.91 Å². The molecule has 0 radical (unpaired) electrons. The monoisotopic (exact) mass is 345 g/mol. The van der Waals surface area contributed by atoms with Gasteiger partial charge in [-0.1, -0.05) is 48.0 Å². The van der Waals surface area contributed by atoms with Crippen LogP contribution in [0.3, 0.4) is 0 Å². The van der Waals surface area contributed by atoms with E-state index in [1.54, 1.807) is 11.1 Å². The van der Waals surface area contributed by atoms with Crippen molar-refractivity contribution < 1.29 is 4.79 Å². The summed E-state index contributed by atoms with van der Waals surface area (Å²) in [6.45, 7) is 5.33. The summed E-state index contributed by atoms with van der Waals surface area (Å²) in [5, 5.41) is 3.37. The lowest BCUT2D eigenvalue weighted by molar-refractivity contribution is 0.0983. The van der Waals surface area contributed by atoms with Crippen molar-refractivity contribution in [1.82, 2.24) is 4.98 Å². The van der Waals surface area contributed by atoms with Gasteiger partial charge in [0.2, 0.25) is 0 Å². The van der Waals surface area contributed by atoms with Crippen LogP contribution in [0.2, 0.25) is 0 Å². The molecule has 3 rings (SSSR count). The highest BCUT2D eigenvalue weighted by molar-refractivity contribution is 6.05. The largest absolute Gasteiger partial charge is 0.381 e. The highest BCUT2D eigenvalue weighted by atomic mass is 16.2. The van der Waals surface area contributed by atoms with Gasteiger partial charge in [-0.25, -0.2) is 0 Å². The van der Waals surface area contributed by atoms with Crippen molar-refractivity contribution in [3.63, 3.8) is 0 Å². The Morgan fingerprint density at radius 1 is 1.04 bits per heavy atom. The topological polar surface area (TPSA) is 45.2 Å². The molecule has 4 heteroatoms. The molecule has 0 atom stereocenters. The van der Waals surface area contributed by atoms with Crippen molar-refractivity contribution in [2.45, 2.75) is 20.4 Å². The lowest BCUT2D eigenvalue weighted by Gasteiger charge is -2.20. The van der Waals surface area contributed by atoms with E-state index < -0.39 is 0 Å². The van der Waals surface area contributed by atoms with Crippen LogP contribution in [0, 0.1) is 6.92 Å². The summed E-state index contributed by atoms with van der Waals surface area (Å²) >= 11 is 0. The van der Waals surface area contributed by atoms with Crippen molar-refractivity contribution in [2.24, 2.45) is 0 Å². The van der Waals surface area contributed by atoms with E-state index in [1.165, 1.54) is 11.1 Å². The summed E-state index contributed by atoms with van der Waals surface area (Å²) in [5.41, 5.74) is 4.63. The minimum atomic E-state index is -0.0992. The van der Waals surface area contributed by atoms with E-state index in [4.69, 9.17) is 0 Å². The highest BCUT2D eigenvalue weighted by Crippen LogP contribution is 2.18. The molecule has 26 heavy (non-hydrogen) atoms. The molecule has 0 aliphatic carbocycles. The molecule has 1 aromatic heterocycles. The Hall–Kier alpha value is -3.14. The Morgan fingerprint density at radius 3 is 2.58 bits per heavy atom. The zero-order valence-corrected chi connectivity index (χ0v) is 15.1. The molecule has 2 aromatic carbocycles. The predicted molar refractivity (Wildman–Crippen MR) is 107 cm³/mol. The average molecular weight is 345 g/mol. The first-order valence-corrected chi connectivity index (χ1v) is 8.79. The normalized spacial score (nSPS) is 10.4. The van der Waals surface area contributed by atoms with E-state index in [2.05, 4.69) is 35.4 Å². The van der Waals surface area contributed by atoms with Crippen LogP contribution < -0.4 is 10.2 Å². The number of hydrogen-bond acceptors (Lipinski definition) is 3. The second-order valence-corrected chi connectivity index (χ2v) is 6.16. The number of nitrogens with zero attached hydrogens (tertiary/aromatic N) is 2. The maximum atomic E-state index is 12.9. The van der Waals surface area contributed by atoms with E-state index in [0.717, 1.165) is 11.4 Å². The Morgan fingerprint density at radius 2 is 1.85 bits per heavy atom. The number of rotatable bonds is 6. The molecule has 1 heterocycles. The first-order chi connectivity index (χ1) is 12.7. The SMILES string of the molecule is CCN(C(=O)c1cc(NCc2cccc(C)c2)ccn1)c1ccccc1. The predicted octanol–water partition coefficient (Wildman–Crippen LogP) is 4.67. The van der Waals surface area contributed by atoms with Crippen LogP contribution in [-0.4, -0.2) is 17.4 Å². The minimum absolute atomic E-state index is 0.0992. The molecule has 0 aliphatic rings. The third-order valence-corrected chi connectivity index (χ3v) is 4.19. The Bertz CT molecular complexity index is 877. The summed E-state index contributed by atoms with van der Waals surface area (Å²) in [4.78, 5) is 18.9. The van der Waals surface area contributed by atoms with Crippen LogP contribution in [-0.2, 0) is 6.54 Å². The number of hydrogen-bond donors (Lipinski definition) is 1. The van der Waals surface area contributed by atoms with Crippen molar-refractivity contribution >= 4 is 17.3 Å². The Labute approximate surface area is 154 Å². The second-order valence-electron chi connectivity index (χ2n) is 6.16. The van der Waals surface area contributed by atoms with Crippen molar-refractivity contribution in [2.75, 3.05) is 16.8 Å². The van der Waals surface area contributed by atoms with Gasteiger partial charge in [-0.15, -0.1) is 0 Å². The molecule has 132 valence electrons. The minimum Gasteiger partial charge on any atom is -0.381 e. The molecule has 0 saturated heterocycles. The molecule has 3 aromatic rings. The maximum Gasteiger partial charge on any atom is 0.276 e. The molecule has 0 spiro atoms. The number of carbonyl (C=O) groups is 1. The fraction of sp³-hybridized carbons (Fsp3) is 0.182. The number of carbonyl (C=O) groups excluding carboxylic acids is 1. The van der Waals surface area contributed by atoms with E-state index >= 15 is 0 Å². The molecule has 0 aliphatic heterocycles. The zero-order valence-electron chi connectivity index (χ0n) is 15.1. The average Bonchev–Trinajstić information content (AvgIpc) is 2.68. The van der Waals surface area contributed by atoms with Crippen LogP contribution in [0.15, 0.2) is 72.9 Å².